The Balaban J connectivity index is 2.02. The topological polar surface area (TPSA) is 46.0 Å². The molecule has 0 fully saturated rings. The smallest absolute Gasteiger partial charge is 0.216 e. The van der Waals surface area contributed by atoms with E-state index in [0.717, 1.165) is 11.1 Å². The Kier molecular flexibility index (Phi) is 3.94. The Bertz CT molecular complexity index is 836. The summed E-state index contributed by atoms with van der Waals surface area (Å²) in [4.78, 5) is 0. The molecule has 21 heavy (non-hydrogen) atoms. The number of aromatic amines is 1. The van der Waals surface area contributed by atoms with Gasteiger partial charge in [0.25, 0.3) is 0 Å². The third-order valence-corrected chi connectivity index (χ3v) is 3.51. The van der Waals surface area contributed by atoms with Crippen molar-refractivity contribution in [3.8, 4) is 11.4 Å². The first-order chi connectivity index (χ1) is 10.3. The SMILES string of the molecule is S=c1[nH]nc(-c2ccccc2)n1/N=C/c1ccccc1Cl. The van der Waals surface area contributed by atoms with Crippen LogP contribution in [0.5, 0.6) is 0 Å². The Labute approximate surface area is 131 Å². The molecule has 0 atom stereocenters. The van der Waals surface area contributed by atoms with Crippen molar-refractivity contribution in [2.75, 3.05) is 0 Å². The van der Waals surface area contributed by atoms with Crippen molar-refractivity contribution >= 4 is 30.0 Å². The normalized spacial score (nSPS) is 11.1. The molecule has 0 aliphatic carbocycles. The summed E-state index contributed by atoms with van der Waals surface area (Å²) >= 11 is 11.3. The molecule has 1 N–H and O–H groups in total. The fraction of sp³-hybridized carbons (Fsp3) is 0. The minimum Gasteiger partial charge on any atom is -0.250 e. The van der Waals surface area contributed by atoms with Gasteiger partial charge in [0.15, 0.2) is 5.82 Å². The fourth-order valence-electron chi connectivity index (χ4n) is 1.87. The van der Waals surface area contributed by atoms with E-state index in [1.54, 1.807) is 10.9 Å². The predicted molar refractivity (Wildman–Crippen MR) is 87.3 cm³/mol. The highest BCUT2D eigenvalue weighted by Gasteiger charge is 2.07. The Hall–Kier alpha value is -2.24. The summed E-state index contributed by atoms with van der Waals surface area (Å²) in [6.45, 7) is 0. The first-order valence-electron chi connectivity index (χ1n) is 6.27. The summed E-state index contributed by atoms with van der Waals surface area (Å²) < 4.78 is 2.01. The Morgan fingerprint density at radius 1 is 1.10 bits per heavy atom. The average Bonchev–Trinajstić information content (AvgIpc) is 2.88. The summed E-state index contributed by atoms with van der Waals surface area (Å²) in [6.07, 6.45) is 1.67. The molecule has 0 spiro atoms. The van der Waals surface area contributed by atoms with Crippen LogP contribution in [0.2, 0.25) is 5.02 Å². The molecule has 1 aromatic heterocycles. The standard InChI is InChI=1S/C15H11ClN4S/c16-13-9-5-4-8-12(13)10-17-20-14(18-19-15(20)21)11-6-2-1-3-7-11/h1-10H,(H,19,21)/b17-10+. The van der Waals surface area contributed by atoms with Crippen LogP contribution in [0.3, 0.4) is 0 Å². The quantitative estimate of drug-likeness (QED) is 0.583. The fourth-order valence-corrected chi connectivity index (χ4v) is 2.24. The maximum absolute atomic E-state index is 6.11. The molecule has 2 aromatic carbocycles. The number of aromatic nitrogens is 3. The van der Waals surface area contributed by atoms with Gasteiger partial charge in [-0.15, -0.1) is 0 Å². The summed E-state index contributed by atoms with van der Waals surface area (Å²) in [5, 5.41) is 12.0. The van der Waals surface area contributed by atoms with Crippen LogP contribution >= 0.6 is 23.8 Å². The molecule has 0 aliphatic rings. The van der Waals surface area contributed by atoms with E-state index in [-0.39, 0.29) is 0 Å². The van der Waals surface area contributed by atoms with Gasteiger partial charge in [0.1, 0.15) is 0 Å². The van der Waals surface area contributed by atoms with Crippen molar-refractivity contribution in [2.45, 2.75) is 0 Å². The van der Waals surface area contributed by atoms with Gasteiger partial charge in [-0.05, 0) is 18.3 Å². The molecule has 0 unspecified atom stereocenters. The molecule has 3 rings (SSSR count). The van der Waals surface area contributed by atoms with Gasteiger partial charge in [0, 0.05) is 16.1 Å². The van der Waals surface area contributed by atoms with E-state index in [4.69, 9.17) is 23.8 Å². The van der Waals surface area contributed by atoms with E-state index >= 15 is 0 Å². The van der Waals surface area contributed by atoms with Crippen molar-refractivity contribution < 1.29 is 0 Å². The minimum atomic E-state index is 0.428. The molecule has 0 aliphatic heterocycles. The van der Waals surface area contributed by atoms with Crippen molar-refractivity contribution in [1.29, 1.82) is 0 Å². The zero-order chi connectivity index (χ0) is 14.7. The second-order valence-corrected chi connectivity index (χ2v) is 5.09. The molecular formula is C15H11ClN4S. The zero-order valence-corrected chi connectivity index (χ0v) is 12.5. The second-order valence-electron chi connectivity index (χ2n) is 4.30. The predicted octanol–water partition coefficient (Wildman–Crippen LogP) is 4.14. The van der Waals surface area contributed by atoms with Crippen LogP contribution in [0, 0.1) is 4.77 Å². The van der Waals surface area contributed by atoms with Crippen LogP contribution in [0.4, 0.5) is 0 Å². The van der Waals surface area contributed by atoms with Crippen molar-refractivity contribution in [2.24, 2.45) is 5.10 Å². The van der Waals surface area contributed by atoms with Crippen LogP contribution in [0.25, 0.3) is 11.4 Å². The number of halogens is 1. The van der Waals surface area contributed by atoms with E-state index in [9.17, 15) is 0 Å². The van der Waals surface area contributed by atoms with Gasteiger partial charge in [-0.2, -0.15) is 14.9 Å². The highest BCUT2D eigenvalue weighted by atomic mass is 35.5. The van der Waals surface area contributed by atoms with Gasteiger partial charge in [0.2, 0.25) is 4.77 Å². The van der Waals surface area contributed by atoms with Crippen LogP contribution in [-0.2, 0) is 0 Å². The monoisotopic (exact) mass is 314 g/mol. The number of hydrogen-bond donors (Lipinski definition) is 1. The number of benzene rings is 2. The largest absolute Gasteiger partial charge is 0.250 e. The molecular weight excluding hydrogens is 304 g/mol. The van der Waals surface area contributed by atoms with Crippen LogP contribution in [0.1, 0.15) is 5.56 Å². The molecule has 6 heteroatoms. The number of nitrogens with zero attached hydrogens (tertiary/aromatic N) is 3. The summed E-state index contributed by atoms with van der Waals surface area (Å²) in [6, 6.07) is 17.2. The van der Waals surface area contributed by atoms with Crippen molar-refractivity contribution in [1.82, 2.24) is 14.9 Å². The number of nitrogens with one attached hydrogen (secondary N) is 1. The highest BCUT2D eigenvalue weighted by molar-refractivity contribution is 7.71. The lowest BCUT2D eigenvalue weighted by Gasteiger charge is -2.01. The second kappa shape index (κ2) is 6.03. The lowest BCUT2D eigenvalue weighted by Crippen LogP contribution is -1.95. The van der Waals surface area contributed by atoms with Gasteiger partial charge >= 0.3 is 0 Å². The Morgan fingerprint density at radius 2 is 1.81 bits per heavy atom. The van der Waals surface area contributed by atoms with Gasteiger partial charge in [-0.1, -0.05) is 60.1 Å². The highest BCUT2D eigenvalue weighted by Crippen LogP contribution is 2.17. The molecule has 4 nitrogen and oxygen atoms in total. The molecule has 0 bridgehead atoms. The van der Waals surface area contributed by atoms with E-state index in [0.29, 0.717) is 15.6 Å². The average molecular weight is 315 g/mol. The zero-order valence-electron chi connectivity index (χ0n) is 10.9. The minimum absolute atomic E-state index is 0.428. The van der Waals surface area contributed by atoms with Crippen molar-refractivity contribution in [3.63, 3.8) is 0 Å². The molecule has 0 saturated carbocycles. The first-order valence-corrected chi connectivity index (χ1v) is 7.06. The molecule has 0 radical (unpaired) electrons. The number of rotatable bonds is 3. The maximum atomic E-state index is 6.11. The van der Waals surface area contributed by atoms with E-state index in [2.05, 4.69) is 15.3 Å². The lowest BCUT2D eigenvalue weighted by molar-refractivity contribution is 0.871. The van der Waals surface area contributed by atoms with Gasteiger partial charge in [-0.3, -0.25) is 0 Å². The van der Waals surface area contributed by atoms with Crippen molar-refractivity contribution in [3.05, 3.63) is 70.0 Å². The molecule has 3 aromatic rings. The molecule has 104 valence electrons. The van der Waals surface area contributed by atoms with E-state index in [1.807, 2.05) is 54.6 Å². The van der Waals surface area contributed by atoms with Crippen LogP contribution in [0.15, 0.2) is 59.7 Å². The van der Waals surface area contributed by atoms with E-state index in [1.165, 1.54) is 0 Å². The Morgan fingerprint density at radius 3 is 2.57 bits per heavy atom. The summed E-state index contributed by atoms with van der Waals surface area (Å²) in [5.74, 6) is 0.656. The molecule has 1 heterocycles. The van der Waals surface area contributed by atoms with Crippen LogP contribution < -0.4 is 0 Å². The van der Waals surface area contributed by atoms with E-state index < -0.39 is 0 Å². The van der Waals surface area contributed by atoms with Gasteiger partial charge in [0.05, 0.1) is 6.21 Å². The number of H-pyrrole nitrogens is 1. The van der Waals surface area contributed by atoms with Gasteiger partial charge in [-0.25, -0.2) is 5.10 Å². The number of hydrogen-bond acceptors (Lipinski definition) is 3. The lowest BCUT2D eigenvalue weighted by atomic mass is 10.2. The third kappa shape index (κ3) is 2.94. The first kappa shape index (κ1) is 13.7. The summed E-state index contributed by atoms with van der Waals surface area (Å²) in [7, 11) is 0. The summed E-state index contributed by atoms with van der Waals surface area (Å²) in [5.41, 5.74) is 1.75. The molecule has 0 saturated heterocycles. The van der Waals surface area contributed by atoms with Gasteiger partial charge < -0.3 is 0 Å². The third-order valence-electron chi connectivity index (χ3n) is 2.90. The molecule has 0 amide bonds. The van der Waals surface area contributed by atoms with Crippen LogP contribution in [-0.4, -0.2) is 21.1 Å². The maximum Gasteiger partial charge on any atom is 0.216 e.